The molecule has 8 heteroatoms. The topological polar surface area (TPSA) is 67.7 Å². The minimum absolute atomic E-state index is 0.313. The van der Waals surface area contributed by atoms with Crippen molar-refractivity contribution in [3.05, 3.63) is 11.8 Å². The van der Waals surface area contributed by atoms with E-state index in [9.17, 15) is 8.42 Å². The number of rotatable bonds is 3. The predicted octanol–water partition coefficient (Wildman–Crippen LogP) is 1.53. The monoisotopic (exact) mass is 394 g/mol. The molecule has 3 aliphatic heterocycles. The summed E-state index contributed by atoms with van der Waals surface area (Å²) >= 11 is 0. The smallest absolute Gasteiger partial charge is 0.260 e. The van der Waals surface area contributed by atoms with Crippen LogP contribution in [0, 0.1) is 12.3 Å². The lowest BCUT2D eigenvalue weighted by molar-refractivity contribution is 0.00873. The molecule has 1 spiro atoms. The van der Waals surface area contributed by atoms with E-state index >= 15 is 0 Å². The Hall–Kier alpha value is -0.960. The summed E-state index contributed by atoms with van der Waals surface area (Å²) in [4.78, 5) is 2.70. The number of fused-ring (bicyclic) bond motifs is 2. The van der Waals surface area contributed by atoms with Crippen LogP contribution in [0.2, 0.25) is 0 Å². The fourth-order valence-corrected chi connectivity index (χ4v) is 7.57. The minimum Gasteiger partial charge on any atom is -0.375 e. The van der Waals surface area contributed by atoms with Gasteiger partial charge < -0.3 is 4.74 Å². The number of ether oxygens (including phenoxy) is 1. The van der Waals surface area contributed by atoms with Gasteiger partial charge in [-0.1, -0.05) is 0 Å². The van der Waals surface area contributed by atoms with Crippen molar-refractivity contribution in [3.63, 3.8) is 0 Å². The highest BCUT2D eigenvalue weighted by atomic mass is 32.2. The van der Waals surface area contributed by atoms with E-state index in [1.807, 2.05) is 6.92 Å². The first-order chi connectivity index (χ1) is 12.9. The quantitative estimate of drug-likeness (QED) is 0.778. The molecule has 4 fully saturated rings. The third-order valence-electron chi connectivity index (χ3n) is 7.43. The van der Waals surface area contributed by atoms with Crippen LogP contribution in [-0.4, -0.2) is 71.8 Å². The average molecular weight is 395 g/mol. The summed E-state index contributed by atoms with van der Waals surface area (Å²) in [5.74, 6) is 0. The van der Waals surface area contributed by atoms with E-state index in [0.717, 1.165) is 31.7 Å². The van der Waals surface area contributed by atoms with E-state index in [1.165, 1.54) is 30.4 Å². The summed E-state index contributed by atoms with van der Waals surface area (Å²) in [7, 11) is -1.74. The SMILES string of the molecule is Cc1cc(S(=O)(=O)N2CCC3(CCC(N4C[C@H]5C[C@@H]4CO5)C3)CC2)n(C)n1. The normalized spacial score (nSPS) is 34.1. The van der Waals surface area contributed by atoms with Crippen molar-refractivity contribution in [2.24, 2.45) is 12.5 Å². The second-order valence-electron chi connectivity index (χ2n) is 9.09. The van der Waals surface area contributed by atoms with Crippen LogP contribution in [0.25, 0.3) is 0 Å². The van der Waals surface area contributed by atoms with E-state index in [0.29, 0.717) is 41.7 Å². The summed E-state index contributed by atoms with van der Waals surface area (Å²) in [6, 6.07) is 2.98. The highest BCUT2D eigenvalue weighted by Crippen LogP contribution is 2.49. The Balaban J connectivity index is 1.25. The lowest BCUT2D eigenvalue weighted by Gasteiger charge is -2.40. The Labute approximate surface area is 161 Å². The second kappa shape index (κ2) is 6.27. The molecule has 0 radical (unpaired) electrons. The Kier molecular flexibility index (Phi) is 4.20. The minimum atomic E-state index is -3.45. The first-order valence-electron chi connectivity index (χ1n) is 10.2. The van der Waals surface area contributed by atoms with E-state index in [4.69, 9.17) is 4.74 Å². The van der Waals surface area contributed by atoms with Gasteiger partial charge in [-0.25, -0.2) is 8.42 Å². The Morgan fingerprint density at radius 1 is 1.22 bits per heavy atom. The maximum Gasteiger partial charge on any atom is 0.260 e. The summed E-state index contributed by atoms with van der Waals surface area (Å²) in [6.07, 6.45) is 7.37. The fraction of sp³-hybridized carbons (Fsp3) is 0.842. The third kappa shape index (κ3) is 2.96. The van der Waals surface area contributed by atoms with Gasteiger partial charge in [-0.3, -0.25) is 9.58 Å². The number of likely N-dealkylation sites (tertiary alicyclic amines) is 1. The molecule has 150 valence electrons. The summed E-state index contributed by atoms with van der Waals surface area (Å²) in [6.45, 7) is 5.11. The third-order valence-corrected chi connectivity index (χ3v) is 9.39. The number of sulfonamides is 1. The van der Waals surface area contributed by atoms with E-state index < -0.39 is 10.0 Å². The van der Waals surface area contributed by atoms with Crippen LogP contribution >= 0.6 is 0 Å². The summed E-state index contributed by atoms with van der Waals surface area (Å²) < 4.78 is 35.0. The molecular formula is C19H30N4O3S. The number of piperidine rings is 1. The van der Waals surface area contributed by atoms with Gasteiger partial charge in [0.15, 0.2) is 5.03 Å². The number of morpholine rings is 1. The van der Waals surface area contributed by atoms with Crippen molar-refractivity contribution >= 4 is 10.0 Å². The van der Waals surface area contributed by atoms with Gasteiger partial charge in [0.05, 0.1) is 18.4 Å². The van der Waals surface area contributed by atoms with E-state index in [2.05, 4.69) is 10.00 Å². The van der Waals surface area contributed by atoms with Crippen molar-refractivity contribution in [3.8, 4) is 0 Å². The summed E-state index contributed by atoms with van der Waals surface area (Å²) in [5, 5.41) is 4.52. The van der Waals surface area contributed by atoms with Crippen LogP contribution in [0.5, 0.6) is 0 Å². The molecule has 7 nitrogen and oxygen atoms in total. The van der Waals surface area contributed by atoms with Crippen LogP contribution in [0.15, 0.2) is 11.1 Å². The molecule has 3 atom stereocenters. The molecule has 27 heavy (non-hydrogen) atoms. The van der Waals surface area contributed by atoms with Crippen LogP contribution in [0.1, 0.15) is 44.2 Å². The molecule has 1 aromatic rings. The molecule has 1 aromatic heterocycles. The summed E-state index contributed by atoms with van der Waals surface area (Å²) in [5.41, 5.74) is 1.08. The standard InChI is InChI=1S/C19H30N4O3S/c1-14-9-18(21(2)20-14)27(24,25)22-7-5-19(6-8-22)4-3-15(11-19)23-12-17-10-16(23)13-26-17/h9,15-17H,3-8,10-13H2,1-2H3/t15?,16-,17-/m1/s1. The number of aryl methyl sites for hydroxylation is 2. The van der Waals surface area contributed by atoms with E-state index in [1.54, 1.807) is 17.4 Å². The average Bonchev–Trinajstić information content (AvgIpc) is 3.40. The van der Waals surface area contributed by atoms with Crippen LogP contribution in [0.4, 0.5) is 0 Å². The van der Waals surface area contributed by atoms with Gasteiger partial charge in [-0.2, -0.15) is 9.40 Å². The maximum atomic E-state index is 13.0. The van der Waals surface area contributed by atoms with Gasteiger partial charge in [0.1, 0.15) is 0 Å². The molecule has 1 unspecified atom stereocenters. The zero-order chi connectivity index (χ0) is 18.8. The maximum absolute atomic E-state index is 13.0. The molecule has 1 saturated carbocycles. The molecule has 0 amide bonds. The first-order valence-corrected chi connectivity index (χ1v) is 11.7. The predicted molar refractivity (Wildman–Crippen MR) is 101 cm³/mol. The van der Waals surface area contributed by atoms with Crippen LogP contribution in [-0.2, 0) is 21.8 Å². The van der Waals surface area contributed by atoms with Crippen molar-refractivity contribution in [1.29, 1.82) is 0 Å². The Morgan fingerprint density at radius 2 is 2.00 bits per heavy atom. The molecule has 4 aliphatic rings. The van der Waals surface area contributed by atoms with Crippen molar-refractivity contribution in [2.75, 3.05) is 26.2 Å². The fourth-order valence-electron chi connectivity index (χ4n) is 5.95. The van der Waals surface area contributed by atoms with Gasteiger partial charge in [0, 0.05) is 38.8 Å². The molecule has 5 rings (SSSR count). The van der Waals surface area contributed by atoms with Gasteiger partial charge in [0.2, 0.25) is 0 Å². The number of hydrogen-bond acceptors (Lipinski definition) is 5. The van der Waals surface area contributed by atoms with Gasteiger partial charge >= 0.3 is 0 Å². The zero-order valence-electron chi connectivity index (χ0n) is 16.3. The molecule has 2 bridgehead atoms. The molecule has 3 saturated heterocycles. The van der Waals surface area contributed by atoms with Crippen molar-refractivity contribution in [1.82, 2.24) is 19.0 Å². The Morgan fingerprint density at radius 3 is 2.59 bits per heavy atom. The highest BCUT2D eigenvalue weighted by molar-refractivity contribution is 7.89. The lowest BCUT2D eigenvalue weighted by Crippen LogP contribution is -2.45. The van der Waals surface area contributed by atoms with Crippen molar-refractivity contribution < 1.29 is 13.2 Å². The lowest BCUT2D eigenvalue weighted by atomic mass is 9.77. The van der Waals surface area contributed by atoms with E-state index in [-0.39, 0.29) is 0 Å². The largest absolute Gasteiger partial charge is 0.375 e. The van der Waals surface area contributed by atoms with Gasteiger partial charge in [0.25, 0.3) is 10.0 Å². The van der Waals surface area contributed by atoms with Gasteiger partial charge in [-0.15, -0.1) is 0 Å². The molecule has 1 aliphatic carbocycles. The number of aromatic nitrogens is 2. The molecule has 0 N–H and O–H groups in total. The van der Waals surface area contributed by atoms with Crippen LogP contribution < -0.4 is 0 Å². The number of hydrogen-bond donors (Lipinski definition) is 0. The highest BCUT2D eigenvalue weighted by Gasteiger charge is 2.49. The molecule has 4 heterocycles. The zero-order valence-corrected chi connectivity index (χ0v) is 17.1. The Bertz CT molecular complexity index is 828. The number of nitrogens with zero attached hydrogens (tertiary/aromatic N) is 4. The molecular weight excluding hydrogens is 364 g/mol. The molecule has 0 aromatic carbocycles. The van der Waals surface area contributed by atoms with Crippen molar-refractivity contribution in [2.45, 2.75) is 68.7 Å². The first kappa shape index (κ1) is 18.1. The van der Waals surface area contributed by atoms with Gasteiger partial charge in [-0.05, 0) is 56.9 Å². The van der Waals surface area contributed by atoms with Crippen LogP contribution in [0.3, 0.4) is 0 Å². The second-order valence-corrected chi connectivity index (χ2v) is 11.0.